The van der Waals surface area contributed by atoms with E-state index in [1.807, 2.05) is 11.8 Å². The highest BCUT2D eigenvalue weighted by Crippen LogP contribution is 2.28. The van der Waals surface area contributed by atoms with E-state index in [0.29, 0.717) is 6.42 Å². The van der Waals surface area contributed by atoms with Crippen molar-refractivity contribution in [3.05, 3.63) is 0 Å². The molecular weight excluding hydrogens is 232 g/mol. The molecule has 0 bridgehead atoms. The highest BCUT2D eigenvalue weighted by Gasteiger charge is 2.30. The summed E-state index contributed by atoms with van der Waals surface area (Å²) in [5.74, 6) is 2.21. The minimum Gasteiger partial charge on any atom is -0.353 e. The molecule has 1 saturated carbocycles. The summed E-state index contributed by atoms with van der Waals surface area (Å²) in [5.41, 5.74) is 6.03. The average molecular weight is 258 g/mol. The maximum absolute atomic E-state index is 11.9. The molecule has 3 N–H and O–H groups in total. The molecule has 0 saturated heterocycles. The van der Waals surface area contributed by atoms with Gasteiger partial charge in [-0.3, -0.25) is 4.79 Å². The van der Waals surface area contributed by atoms with Gasteiger partial charge in [-0.25, -0.2) is 0 Å². The lowest BCUT2D eigenvalue weighted by Gasteiger charge is -2.33. The Kier molecular flexibility index (Phi) is 6.34. The zero-order valence-corrected chi connectivity index (χ0v) is 11.9. The van der Waals surface area contributed by atoms with E-state index in [4.69, 9.17) is 5.73 Å². The van der Waals surface area contributed by atoms with Crippen molar-refractivity contribution in [2.45, 2.75) is 64.0 Å². The molecule has 1 unspecified atom stereocenters. The van der Waals surface area contributed by atoms with Gasteiger partial charge in [0.15, 0.2) is 0 Å². The second kappa shape index (κ2) is 7.27. The summed E-state index contributed by atoms with van der Waals surface area (Å²) >= 11 is 1.86. The Hall–Kier alpha value is -0.220. The fourth-order valence-electron chi connectivity index (χ4n) is 2.41. The van der Waals surface area contributed by atoms with E-state index in [1.165, 1.54) is 19.3 Å². The monoisotopic (exact) mass is 258 g/mol. The second-order valence-corrected chi connectivity index (χ2v) is 6.55. The molecule has 0 aliphatic heterocycles. The largest absolute Gasteiger partial charge is 0.353 e. The van der Waals surface area contributed by atoms with Crippen LogP contribution in [0.3, 0.4) is 0 Å². The number of carbonyl (C=O) groups excluding carboxylic acids is 1. The quantitative estimate of drug-likeness (QED) is 0.768. The molecule has 0 heterocycles. The molecule has 0 aromatic rings. The smallest absolute Gasteiger partial charge is 0.222 e. The topological polar surface area (TPSA) is 55.1 Å². The highest BCUT2D eigenvalue weighted by molar-refractivity contribution is 7.99. The predicted octanol–water partition coefficient (Wildman–Crippen LogP) is 2.30. The third-order valence-corrected chi connectivity index (χ3v) is 4.49. The number of nitrogens with two attached hydrogens (primary N) is 1. The molecule has 0 aromatic carbocycles. The number of hydrogen-bond acceptors (Lipinski definition) is 3. The van der Waals surface area contributed by atoms with Gasteiger partial charge in [0, 0.05) is 23.8 Å². The molecule has 1 rings (SSSR count). The second-order valence-electron chi connectivity index (χ2n) is 5.23. The van der Waals surface area contributed by atoms with Crippen LogP contribution in [0.4, 0.5) is 0 Å². The normalized spacial score (nSPS) is 20.9. The number of carbonyl (C=O) groups is 1. The molecule has 1 atom stereocenters. The molecule has 1 aliphatic carbocycles. The van der Waals surface area contributed by atoms with Gasteiger partial charge in [-0.05, 0) is 25.5 Å². The Balaban J connectivity index is 2.27. The zero-order chi connectivity index (χ0) is 12.7. The van der Waals surface area contributed by atoms with E-state index in [0.717, 1.165) is 24.3 Å². The number of thioether (sulfide) groups is 1. The van der Waals surface area contributed by atoms with E-state index in [1.54, 1.807) is 0 Å². The minimum absolute atomic E-state index is 0.124. The molecule has 4 heteroatoms. The summed E-state index contributed by atoms with van der Waals surface area (Å²) in [4.78, 5) is 11.9. The lowest BCUT2D eigenvalue weighted by atomic mass is 9.80. The Morgan fingerprint density at radius 3 is 2.65 bits per heavy atom. The van der Waals surface area contributed by atoms with Crippen LogP contribution in [-0.4, -0.2) is 29.0 Å². The molecule has 3 nitrogen and oxygen atoms in total. The van der Waals surface area contributed by atoms with Crippen LogP contribution in [0.5, 0.6) is 0 Å². The number of rotatable bonds is 6. The summed E-state index contributed by atoms with van der Waals surface area (Å²) in [6.07, 6.45) is 6.10. The Labute approximate surface area is 109 Å². The molecule has 100 valence electrons. The van der Waals surface area contributed by atoms with Crippen molar-refractivity contribution in [1.82, 2.24) is 5.32 Å². The van der Waals surface area contributed by atoms with Gasteiger partial charge in [0.2, 0.25) is 5.91 Å². The molecule has 0 aromatic heterocycles. The molecule has 1 fully saturated rings. The van der Waals surface area contributed by atoms with Crippen molar-refractivity contribution in [1.29, 1.82) is 0 Å². The fraction of sp³-hybridized carbons (Fsp3) is 0.923. The molecule has 17 heavy (non-hydrogen) atoms. The maximum atomic E-state index is 11.9. The number of amides is 1. The summed E-state index contributed by atoms with van der Waals surface area (Å²) in [7, 11) is 0. The summed E-state index contributed by atoms with van der Waals surface area (Å²) in [6, 6.07) is 0.250. The molecule has 1 amide bonds. The summed E-state index contributed by atoms with van der Waals surface area (Å²) in [6.45, 7) is 4.20. The third-order valence-electron chi connectivity index (χ3n) is 3.34. The minimum atomic E-state index is -0.236. The van der Waals surface area contributed by atoms with Gasteiger partial charge in [0.1, 0.15) is 0 Å². The number of nitrogens with one attached hydrogen (secondary N) is 1. The van der Waals surface area contributed by atoms with Crippen molar-refractivity contribution < 1.29 is 4.79 Å². The van der Waals surface area contributed by atoms with E-state index < -0.39 is 0 Å². The first-order valence-corrected chi connectivity index (χ1v) is 7.87. The fourth-order valence-corrected chi connectivity index (χ4v) is 3.09. The van der Waals surface area contributed by atoms with Gasteiger partial charge in [0.05, 0.1) is 0 Å². The van der Waals surface area contributed by atoms with Crippen molar-refractivity contribution in [2.24, 2.45) is 5.73 Å². The van der Waals surface area contributed by atoms with E-state index in [-0.39, 0.29) is 17.5 Å². The first kappa shape index (κ1) is 14.8. The zero-order valence-electron chi connectivity index (χ0n) is 11.1. The molecule has 0 spiro atoms. The van der Waals surface area contributed by atoms with Crippen LogP contribution < -0.4 is 11.1 Å². The van der Waals surface area contributed by atoms with Crippen molar-refractivity contribution in [3.8, 4) is 0 Å². The van der Waals surface area contributed by atoms with Gasteiger partial charge in [-0.15, -0.1) is 0 Å². The van der Waals surface area contributed by atoms with E-state index in [9.17, 15) is 4.79 Å². The van der Waals surface area contributed by atoms with Crippen LogP contribution in [-0.2, 0) is 4.79 Å². The Morgan fingerprint density at radius 2 is 2.06 bits per heavy atom. The van der Waals surface area contributed by atoms with E-state index in [2.05, 4.69) is 19.2 Å². The van der Waals surface area contributed by atoms with Crippen LogP contribution in [0, 0.1) is 0 Å². The van der Waals surface area contributed by atoms with Crippen LogP contribution in [0.15, 0.2) is 0 Å². The molecular formula is C13H26N2OS. The lowest BCUT2D eigenvalue weighted by Crippen LogP contribution is -2.47. The SMILES string of the molecule is CCSCC(C)NC(=O)CC1(N)CCCCC1. The van der Waals surface area contributed by atoms with Gasteiger partial charge in [-0.1, -0.05) is 26.2 Å². The van der Waals surface area contributed by atoms with Crippen LogP contribution >= 0.6 is 11.8 Å². The van der Waals surface area contributed by atoms with Crippen molar-refractivity contribution >= 4 is 17.7 Å². The Morgan fingerprint density at radius 1 is 1.41 bits per heavy atom. The van der Waals surface area contributed by atoms with Gasteiger partial charge in [-0.2, -0.15) is 11.8 Å². The van der Waals surface area contributed by atoms with Gasteiger partial charge >= 0.3 is 0 Å². The van der Waals surface area contributed by atoms with Crippen molar-refractivity contribution in [2.75, 3.05) is 11.5 Å². The molecule has 1 aliphatic rings. The van der Waals surface area contributed by atoms with Crippen LogP contribution in [0.2, 0.25) is 0 Å². The van der Waals surface area contributed by atoms with E-state index >= 15 is 0 Å². The Bertz CT molecular complexity index is 240. The maximum Gasteiger partial charge on any atom is 0.222 e. The van der Waals surface area contributed by atoms with Crippen LogP contribution in [0.1, 0.15) is 52.4 Å². The average Bonchev–Trinajstić information content (AvgIpc) is 2.26. The van der Waals surface area contributed by atoms with Crippen molar-refractivity contribution in [3.63, 3.8) is 0 Å². The highest BCUT2D eigenvalue weighted by atomic mass is 32.2. The summed E-state index contributed by atoms with van der Waals surface area (Å²) in [5, 5.41) is 3.05. The number of hydrogen-bond donors (Lipinski definition) is 2. The van der Waals surface area contributed by atoms with Crippen LogP contribution in [0.25, 0.3) is 0 Å². The summed E-state index contributed by atoms with van der Waals surface area (Å²) < 4.78 is 0. The first-order valence-electron chi connectivity index (χ1n) is 6.72. The standard InChI is InChI=1S/C13H26N2OS/c1-3-17-10-11(2)15-12(16)9-13(14)7-5-4-6-8-13/h11H,3-10,14H2,1-2H3,(H,15,16). The van der Waals surface area contributed by atoms with Gasteiger partial charge in [0.25, 0.3) is 0 Å². The van der Waals surface area contributed by atoms with Gasteiger partial charge < -0.3 is 11.1 Å². The third kappa shape index (κ3) is 5.77. The first-order chi connectivity index (χ1) is 8.06. The molecule has 0 radical (unpaired) electrons. The predicted molar refractivity (Wildman–Crippen MR) is 75.2 cm³/mol. The lowest BCUT2D eigenvalue weighted by molar-refractivity contribution is -0.123.